The smallest absolute Gasteiger partial charge is 0.136 e. The molecule has 1 N–H and O–H groups in total. The second-order valence-corrected chi connectivity index (χ2v) is 6.78. The Labute approximate surface area is 163 Å². The highest BCUT2D eigenvalue weighted by atomic mass is 35.5. The molecule has 0 bridgehead atoms. The number of halogens is 2. The van der Waals surface area contributed by atoms with Crippen LogP contribution in [0.15, 0.2) is 48.8 Å². The minimum absolute atomic E-state index is 0.582. The van der Waals surface area contributed by atoms with Gasteiger partial charge in [-0.1, -0.05) is 23.2 Å². The van der Waals surface area contributed by atoms with Crippen LogP contribution in [-0.2, 0) is 6.42 Å². The first-order valence-corrected chi connectivity index (χ1v) is 8.94. The summed E-state index contributed by atoms with van der Waals surface area (Å²) >= 11 is 12.3. The summed E-state index contributed by atoms with van der Waals surface area (Å²) in [5.41, 5.74) is 1.95. The summed E-state index contributed by atoms with van der Waals surface area (Å²) in [6.45, 7) is 2.70. The maximum atomic E-state index is 6.23. The van der Waals surface area contributed by atoms with E-state index in [0.29, 0.717) is 27.4 Å². The number of hydrogen-bond acceptors (Lipinski definition) is 5. The van der Waals surface area contributed by atoms with E-state index < -0.39 is 0 Å². The Bertz CT molecular complexity index is 886. The first kappa shape index (κ1) is 18.4. The van der Waals surface area contributed by atoms with E-state index >= 15 is 0 Å². The van der Waals surface area contributed by atoms with Crippen molar-refractivity contribution in [2.75, 3.05) is 23.8 Å². The zero-order valence-corrected chi connectivity index (χ0v) is 16.1. The summed E-state index contributed by atoms with van der Waals surface area (Å²) in [6.07, 6.45) is 4.52. The molecule has 0 amide bonds. The van der Waals surface area contributed by atoms with Crippen molar-refractivity contribution in [1.82, 2.24) is 15.0 Å². The molecule has 7 heteroatoms. The van der Waals surface area contributed by atoms with E-state index in [4.69, 9.17) is 23.2 Å². The molecule has 2 aromatic heterocycles. The highest BCUT2D eigenvalue weighted by Crippen LogP contribution is 2.28. The zero-order valence-electron chi connectivity index (χ0n) is 14.6. The Kier molecular flexibility index (Phi) is 5.91. The standard InChI is InChI=1S/C19H19Cl2N5/c1-13-23-18(25-17-11-15(20)3-4-16(17)21)12-19(24-13)26(2)10-7-14-5-8-22-9-6-14/h3-6,8-9,11-12H,7,10H2,1-2H3,(H,23,24,25). The van der Waals surface area contributed by atoms with Crippen LogP contribution in [0, 0.1) is 6.92 Å². The van der Waals surface area contributed by atoms with Crippen LogP contribution < -0.4 is 10.2 Å². The van der Waals surface area contributed by atoms with E-state index in [9.17, 15) is 0 Å². The predicted molar refractivity (Wildman–Crippen MR) is 108 cm³/mol. The first-order chi connectivity index (χ1) is 12.5. The fraction of sp³-hybridized carbons (Fsp3) is 0.211. The molecule has 1 aromatic carbocycles. The minimum atomic E-state index is 0.582. The van der Waals surface area contributed by atoms with E-state index in [0.717, 1.165) is 18.8 Å². The number of aryl methyl sites for hydroxylation is 1. The quantitative estimate of drug-likeness (QED) is 0.650. The van der Waals surface area contributed by atoms with Gasteiger partial charge in [-0.2, -0.15) is 0 Å². The Balaban J connectivity index is 1.75. The van der Waals surface area contributed by atoms with Crippen LogP contribution in [0.1, 0.15) is 11.4 Å². The summed E-state index contributed by atoms with van der Waals surface area (Å²) in [4.78, 5) is 15.1. The first-order valence-electron chi connectivity index (χ1n) is 8.19. The fourth-order valence-corrected chi connectivity index (χ4v) is 2.84. The highest BCUT2D eigenvalue weighted by Gasteiger charge is 2.09. The third kappa shape index (κ3) is 4.84. The summed E-state index contributed by atoms with van der Waals surface area (Å²) in [7, 11) is 2.01. The van der Waals surface area contributed by atoms with Gasteiger partial charge in [0, 0.05) is 37.1 Å². The fourth-order valence-electron chi connectivity index (χ4n) is 2.50. The van der Waals surface area contributed by atoms with Gasteiger partial charge in [-0.25, -0.2) is 9.97 Å². The summed E-state index contributed by atoms with van der Waals surface area (Å²) in [5.74, 6) is 2.19. The molecular weight excluding hydrogens is 369 g/mol. The molecule has 3 rings (SSSR count). The average Bonchev–Trinajstić information content (AvgIpc) is 2.63. The number of anilines is 3. The normalized spacial score (nSPS) is 10.6. The molecule has 0 spiro atoms. The van der Waals surface area contributed by atoms with E-state index in [-0.39, 0.29) is 0 Å². The molecule has 0 atom stereocenters. The van der Waals surface area contributed by atoms with Crippen LogP contribution in [0.3, 0.4) is 0 Å². The van der Waals surface area contributed by atoms with Crippen LogP contribution >= 0.6 is 23.2 Å². The number of nitrogens with zero attached hydrogens (tertiary/aromatic N) is 4. The van der Waals surface area contributed by atoms with Gasteiger partial charge >= 0.3 is 0 Å². The third-order valence-corrected chi connectivity index (χ3v) is 4.46. The Morgan fingerprint density at radius 1 is 1.04 bits per heavy atom. The lowest BCUT2D eigenvalue weighted by atomic mass is 10.2. The topological polar surface area (TPSA) is 53.9 Å². The van der Waals surface area contributed by atoms with Crippen molar-refractivity contribution >= 4 is 40.5 Å². The number of benzene rings is 1. The molecule has 26 heavy (non-hydrogen) atoms. The lowest BCUT2D eigenvalue weighted by molar-refractivity contribution is 0.848. The number of aromatic nitrogens is 3. The number of rotatable bonds is 6. The molecule has 3 aromatic rings. The second kappa shape index (κ2) is 8.34. The van der Waals surface area contributed by atoms with Crippen molar-refractivity contribution in [3.05, 3.63) is 70.2 Å². The molecule has 0 unspecified atom stereocenters. The maximum absolute atomic E-state index is 6.23. The lowest BCUT2D eigenvalue weighted by Crippen LogP contribution is -2.22. The van der Waals surface area contributed by atoms with Crippen LogP contribution in [0.2, 0.25) is 10.0 Å². The number of likely N-dealkylation sites (N-methyl/N-ethyl adjacent to an activating group) is 1. The zero-order chi connectivity index (χ0) is 18.5. The van der Waals surface area contributed by atoms with Crippen molar-refractivity contribution in [2.24, 2.45) is 0 Å². The van der Waals surface area contributed by atoms with Gasteiger partial charge in [-0.05, 0) is 49.2 Å². The Morgan fingerprint density at radius 2 is 1.81 bits per heavy atom. The molecule has 0 saturated heterocycles. The summed E-state index contributed by atoms with van der Waals surface area (Å²) in [5, 5.41) is 4.41. The SMILES string of the molecule is Cc1nc(Nc2cc(Cl)ccc2Cl)cc(N(C)CCc2ccncc2)n1. The molecular formula is C19H19Cl2N5. The van der Waals surface area contributed by atoms with Crippen LogP contribution in [0.5, 0.6) is 0 Å². The van der Waals surface area contributed by atoms with Gasteiger partial charge in [0.05, 0.1) is 10.7 Å². The molecule has 0 fully saturated rings. The van der Waals surface area contributed by atoms with Crippen LogP contribution in [0.25, 0.3) is 0 Å². The van der Waals surface area contributed by atoms with Crippen LogP contribution in [-0.4, -0.2) is 28.5 Å². The molecule has 2 heterocycles. The summed E-state index contributed by atoms with van der Waals surface area (Å²) < 4.78 is 0. The molecule has 5 nitrogen and oxygen atoms in total. The Hall–Kier alpha value is -2.37. The number of hydrogen-bond donors (Lipinski definition) is 1. The van der Waals surface area contributed by atoms with Crippen molar-refractivity contribution in [3.63, 3.8) is 0 Å². The molecule has 0 radical (unpaired) electrons. The summed E-state index contributed by atoms with van der Waals surface area (Å²) in [6, 6.07) is 11.2. The van der Waals surface area contributed by atoms with Gasteiger partial charge in [-0.15, -0.1) is 0 Å². The van der Waals surface area contributed by atoms with E-state index in [2.05, 4.69) is 25.2 Å². The van der Waals surface area contributed by atoms with Gasteiger partial charge in [0.25, 0.3) is 0 Å². The van der Waals surface area contributed by atoms with Crippen molar-refractivity contribution in [3.8, 4) is 0 Å². The minimum Gasteiger partial charge on any atom is -0.359 e. The predicted octanol–water partition coefficient (Wildman–Crippen LogP) is 4.91. The largest absolute Gasteiger partial charge is 0.359 e. The van der Waals surface area contributed by atoms with Gasteiger partial charge < -0.3 is 10.2 Å². The number of nitrogens with one attached hydrogen (secondary N) is 1. The average molecular weight is 388 g/mol. The van der Waals surface area contributed by atoms with Crippen molar-refractivity contribution < 1.29 is 0 Å². The van der Waals surface area contributed by atoms with Crippen molar-refractivity contribution in [1.29, 1.82) is 0 Å². The molecule has 0 aliphatic heterocycles. The van der Waals surface area contributed by atoms with E-state index in [1.807, 2.05) is 32.2 Å². The molecule has 0 aliphatic carbocycles. The van der Waals surface area contributed by atoms with Gasteiger partial charge in [0.15, 0.2) is 0 Å². The van der Waals surface area contributed by atoms with E-state index in [1.54, 1.807) is 30.6 Å². The van der Waals surface area contributed by atoms with Crippen LogP contribution in [0.4, 0.5) is 17.3 Å². The molecule has 134 valence electrons. The highest BCUT2D eigenvalue weighted by molar-refractivity contribution is 6.35. The van der Waals surface area contributed by atoms with E-state index in [1.165, 1.54) is 5.56 Å². The number of pyridine rings is 1. The third-order valence-electron chi connectivity index (χ3n) is 3.89. The second-order valence-electron chi connectivity index (χ2n) is 5.93. The maximum Gasteiger partial charge on any atom is 0.136 e. The van der Waals surface area contributed by atoms with Crippen molar-refractivity contribution in [2.45, 2.75) is 13.3 Å². The van der Waals surface area contributed by atoms with Gasteiger partial charge in [0.1, 0.15) is 17.5 Å². The van der Waals surface area contributed by atoms with Gasteiger partial charge in [-0.3, -0.25) is 4.98 Å². The molecule has 0 saturated carbocycles. The molecule has 0 aliphatic rings. The lowest BCUT2D eigenvalue weighted by Gasteiger charge is -2.19. The monoisotopic (exact) mass is 387 g/mol. The van der Waals surface area contributed by atoms with Gasteiger partial charge in [0.2, 0.25) is 0 Å². The Morgan fingerprint density at radius 3 is 2.58 bits per heavy atom.